The Kier molecular flexibility index (Phi) is 3.01. The van der Waals surface area contributed by atoms with Gasteiger partial charge in [0.25, 0.3) is 0 Å². The summed E-state index contributed by atoms with van der Waals surface area (Å²) in [6, 6.07) is 3.11. The zero-order valence-corrected chi connectivity index (χ0v) is 11.5. The molecule has 0 aliphatic carbocycles. The maximum atomic E-state index is 11.8. The van der Waals surface area contributed by atoms with E-state index in [1.165, 1.54) is 12.3 Å². The van der Waals surface area contributed by atoms with Crippen LogP contribution in [0.1, 0.15) is 28.9 Å². The lowest BCUT2D eigenvalue weighted by Gasteiger charge is -2.05. The van der Waals surface area contributed by atoms with Gasteiger partial charge in [-0.15, -0.1) is 0 Å². The minimum Gasteiger partial charge on any atom is -0.478 e. The van der Waals surface area contributed by atoms with E-state index >= 15 is 0 Å². The van der Waals surface area contributed by atoms with Crippen molar-refractivity contribution in [1.82, 2.24) is 9.38 Å². The number of nitrogens with zero attached hydrogens (tertiary/aromatic N) is 2. The zero-order valence-electron chi connectivity index (χ0n) is 10.7. The lowest BCUT2D eigenvalue weighted by atomic mass is 10.2. The van der Waals surface area contributed by atoms with E-state index in [1.54, 1.807) is 16.7 Å². The number of rotatable bonds is 3. The number of carboxylic acid groups (broad SMARTS) is 1. The van der Waals surface area contributed by atoms with Crippen LogP contribution in [0.25, 0.3) is 5.65 Å². The van der Waals surface area contributed by atoms with Crippen molar-refractivity contribution in [3.05, 3.63) is 35.8 Å². The molecule has 1 fully saturated rings. The monoisotopic (exact) mass is 294 g/mol. The summed E-state index contributed by atoms with van der Waals surface area (Å²) in [4.78, 5) is 15.2. The predicted molar refractivity (Wildman–Crippen MR) is 72.7 cm³/mol. The first-order chi connectivity index (χ1) is 9.45. The highest BCUT2D eigenvalue weighted by Gasteiger charge is 2.31. The number of imidazole rings is 1. The minimum atomic E-state index is -2.99. The molecule has 0 aromatic carbocycles. The van der Waals surface area contributed by atoms with Gasteiger partial charge in [-0.2, -0.15) is 0 Å². The van der Waals surface area contributed by atoms with E-state index in [0.29, 0.717) is 30.6 Å². The molecule has 1 aliphatic heterocycles. The Bertz CT molecular complexity index is 779. The van der Waals surface area contributed by atoms with E-state index in [0.717, 1.165) is 0 Å². The molecule has 1 aliphatic rings. The van der Waals surface area contributed by atoms with Gasteiger partial charge >= 0.3 is 5.97 Å². The number of fused-ring (bicyclic) bond motifs is 1. The molecule has 2 aromatic rings. The standard InChI is InChI=1S/C13H14N2O4S/c16-13(17)9-3-4-12-14-10(8-15(12)7-9)6-11-2-1-5-20(11,18)19/h3-4,7-8,11H,1-2,5-6H2,(H,16,17). The summed E-state index contributed by atoms with van der Waals surface area (Å²) in [7, 11) is -2.99. The van der Waals surface area contributed by atoms with Crippen LogP contribution in [0.5, 0.6) is 0 Å². The summed E-state index contributed by atoms with van der Waals surface area (Å²) in [5.41, 5.74) is 1.48. The number of pyridine rings is 1. The molecule has 1 atom stereocenters. The van der Waals surface area contributed by atoms with Crippen LogP contribution < -0.4 is 0 Å². The molecule has 20 heavy (non-hydrogen) atoms. The topological polar surface area (TPSA) is 88.7 Å². The molecule has 106 valence electrons. The van der Waals surface area contributed by atoms with Crippen LogP contribution in [-0.4, -0.2) is 39.9 Å². The smallest absolute Gasteiger partial charge is 0.337 e. The van der Waals surface area contributed by atoms with Crippen LogP contribution in [0, 0.1) is 0 Å². The van der Waals surface area contributed by atoms with Crippen LogP contribution in [-0.2, 0) is 16.3 Å². The summed E-state index contributed by atoms with van der Waals surface area (Å²) >= 11 is 0. The second-order valence-corrected chi connectivity index (χ2v) is 7.46. The molecular formula is C13H14N2O4S. The highest BCUT2D eigenvalue weighted by Crippen LogP contribution is 2.23. The molecule has 7 heteroatoms. The molecule has 1 unspecified atom stereocenters. The quantitative estimate of drug-likeness (QED) is 0.917. The summed E-state index contributed by atoms with van der Waals surface area (Å²) in [5.74, 6) is -0.741. The summed E-state index contributed by atoms with van der Waals surface area (Å²) in [6.45, 7) is 0. The van der Waals surface area contributed by atoms with Crippen molar-refractivity contribution in [2.75, 3.05) is 5.75 Å². The van der Waals surface area contributed by atoms with Gasteiger partial charge < -0.3 is 9.51 Å². The first-order valence-electron chi connectivity index (χ1n) is 6.38. The summed E-state index contributed by atoms with van der Waals surface area (Å²) < 4.78 is 25.3. The van der Waals surface area contributed by atoms with Gasteiger partial charge in [0.2, 0.25) is 0 Å². The molecule has 3 heterocycles. The van der Waals surface area contributed by atoms with Gasteiger partial charge in [-0.25, -0.2) is 18.2 Å². The average Bonchev–Trinajstić information content (AvgIpc) is 2.92. The number of carboxylic acids is 1. The Morgan fingerprint density at radius 2 is 2.20 bits per heavy atom. The van der Waals surface area contributed by atoms with Gasteiger partial charge in [-0.3, -0.25) is 0 Å². The van der Waals surface area contributed by atoms with E-state index in [1.807, 2.05) is 0 Å². The molecule has 6 nitrogen and oxygen atoms in total. The van der Waals surface area contributed by atoms with Gasteiger partial charge in [0, 0.05) is 18.8 Å². The van der Waals surface area contributed by atoms with E-state index in [4.69, 9.17) is 5.11 Å². The van der Waals surface area contributed by atoms with Crippen LogP contribution >= 0.6 is 0 Å². The lowest BCUT2D eigenvalue weighted by Crippen LogP contribution is -2.18. The van der Waals surface area contributed by atoms with Crippen LogP contribution in [0.3, 0.4) is 0 Å². The fraction of sp³-hybridized carbons (Fsp3) is 0.385. The third-order valence-electron chi connectivity index (χ3n) is 3.65. The van der Waals surface area contributed by atoms with Crippen molar-refractivity contribution < 1.29 is 18.3 Å². The number of aromatic carboxylic acids is 1. The fourth-order valence-electron chi connectivity index (χ4n) is 2.59. The highest BCUT2D eigenvalue weighted by atomic mass is 32.2. The number of hydrogen-bond donors (Lipinski definition) is 1. The van der Waals surface area contributed by atoms with E-state index in [-0.39, 0.29) is 16.6 Å². The molecular weight excluding hydrogens is 280 g/mol. The van der Waals surface area contributed by atoms with Gasteiger partial charge in [0.05, 0.1) is 22.3 Å². The van der Waals surface area contributed by atoms with Crippen molar-refractivity contribution in [2.45, 2.75) is 24.5 Å². The Morgan fingerprint density at radius 3 is 2.85 bits per heavy atom. The van der Waals surface area contributed by atoms with Gasteiger partial charge in [-0.05, 0) is 25.0 Å². The number of carbonyl (C=O) groups is 1. The number of sulfone groups is 1. The van der Waals surface area contributed by atoms with Gasteiger partial charge in [0.1, 0.15) is 5.65 Å². The highest BCUT2D eigenvalue weighted by molar-refractivity contribution is 7.92. The second kappa shape index (κ2) is 4.59. The summed E-state index contributed by atoms with van der Waals surface area (Å²) in [5, 5.41) is 8.58. The Morgan fingerprint density at radius 1 is 1.40 bits per heavy atom. The minimum absolute atomic E-state index is 0.176. The molecule has 1 saturated heterocycles. The number of hydrogen-bond acceptors (Lipinski definition) is 4. The largest absolute Gasteiger partial charge is 0.478 e. The van der Waals surface area contributed by atoms with Crippen LogP contribution in [0.4, 0.5) is 0 Å². The van der Waals surface area contributed by atoms with Crippen molar-refractivity contribution >= 4 is 21.5 Å². The first kappa shape index (κ1) is 13.1. The van der Waals surface area contributed by atoms with Gasteiger partial charge in [0.15, 0.2) is 9.84 Å². The van der Waals surface area contributed by atoms with Gasteiger partial charge in [-0.1, -0.05) is 0 Å². The van der Waals surface area contributed by atoms with Crippen LogP contribution in [0.2, 0.25) is 0 Å². The predicted octanol–water partition coefficient (Wildman–Crippen LogP) is 1.15. The van der Waals surface area contributed by atoms with Crippen molar-refractivity contribution in [3.63, 3.8) is 0 Å². The molecule has 0 radical (unpaired) electrons. The van der Waals surface area contributed by atoms with E-state index < -0.39 is 15.8 Å². The Labute approximate surface area is 116 Å². The van der Waals surface area contributed by atoms with Crippen LogP contribution in [0.15, 0.2) is 24.5 Å². The summed E-state index contributed by atoms with van der Waals surface area (Å²) in [6.07, 6.45) is 4.97. The third kappa shape index (κ3) is 2.29. The molecule has 3 rings (SSSR count). The number of aromatic nitrogens is 2. The maximum Gasteiger partial charge on any atom is 0.337 e. The fourth-order valence-corrected chi connectivity index (χ4v) is 4.44. The lowest BCUT2D eigenvalue weighted by molar-refractivity contribution is 0.0696. The normalized spacial score (nSPS) is 21.3. The Hall–Kier alpha value is -1.89. The van der Waals surface area contributed by atoms with Crippen molar-refractivity contribution in [2.24, 2.45) is 0 Å². The molecule has 1 N–H and O–H groups in total. The van der Waals surface area contributed by atoms with Crippen molar-refractivity contribution in [3.8, 4) is 0 Å². The molecule has 2 aromatic heterocycles. The van der Waals surface area contributed by atoms with Crippen molar-refractivity contribution in [1.29, 1.82) is 0 Å². The average molecular weight is 294 g/mol. The molecule has 0 bridgehead atoms. The zero-order chi connectivity index (χ0) is 14.3. The molecule has 0 amide bonds. The molecule has 0 spiro atoms. The van der Waals surface area contributed by atoms with E-state index in [9.17, 15) is 13.2 Å². The SMILES string of the molecule is O=C(O)c1ccc2nc(CC3CCCS3(=O)=O)cn2c1. The Balaban J connectivity index is 1.91. The molecule has 0 saturated carbocycles. The first-order valence-corrected chi connectivity index (χ1v) is 8.10. The second-order valence-electron chi connectivity index (χ2n) is 5.06. The third-order valence-corrected chi connectivity index (χ3v) is 5.92. The maximum absolute atomic E-state index is 11.8. The van der Waals surface area contributed by atoms with E-state index in [2.05, 4.69) is 4.98 Å².